The maximum Gasteiger partial charge on any atom is 0.138 e. The fraction of sp³-hybridized carbons (Fsp3) is 0.923. The van der Waals surface area contributed by atoms with Gasteiger partial charge >= 0.3 is 0 Å². The van der Waals surface area contributed by atoms with E-state index < -0.39 is 0 Å². The fourth-order valence-corrected chi connectivity index (χ4v) is 2.24. The Morgan fingerprint density at radius 1 is 1.20 bits per heavy atom. The normalized spacial score (nSPS) is 21.9. The molecule has 1 N–H and O–H groups in total. The topological polar surface area (TPSA) is 29.1 Å². The molecule has 1 rings (SSSR count). The van der Waals surface area contributed by atoms with E-state index in [1.165, 1.54) is 38.5 Å². The van der Waals surface area contributed by atoms with Crippen molar-refractivity contribution in [3.05, 3.63) is 0 Å². The number of hydrogen-bond acceptors (Lipinski definition) is 2. The molecule has 1 unspecified atom stereocenters. The average Bonchev–Trinajstić information content (AvgIpc) is 2.25. The van der Waals surface area contributed by atoms with Crippen LogP contribution < -0.4 is 5.32 Å². The first kappa shape index (κ1) is 12.7. The first-order valence-corrected chi connectivity index (χ1v) is 6.58. The molecule has 1 saturated heterocycles. The van der Waals surface area contributed by atoms with E-state index in [9.17, 15) is 4.79 Å². The van der Waals surface area contributed by atoms with Gasteiger partial charge in [-0.05, 0) is 6.42 Å². The molecule has 0 saturated carbocycles. The van der Waals surface area contributed by atoms with E-state index in [2.05, 4.69) is 12.2 Å². The molecule has 1 heterocycles. The van der Waals surface area contributed by atoms with E-state index >= 15 is 0 Å². The van der Waals surface area contributed by atoms with Gasteiger partial charge in [0.15, 0.2) is 0 Å². The van der Waals surface area contributed by atoms with Gasteiger partial charge in [0.05, 0.1) is 0 Å². The molecule has 2 nitrogen and oxygen atoms in total. The summed E-state index contributed by atoms with van der Waals surface area (Å²) in [6.45, 7) is 4.06. The van der Waals surface area contributed by atoms with E-state index in [0.29, 0.717) is 11.7 Å². The van der Waals surface area contributed by atoms with Crippen molar-refractivity contribution in [2.45, 2.75) is 58.3 Å². The van der Waals surface area contributed by atoms with E-state index in [0.717, 1.165) is 25.9 Å². The summed E-state index contributed by atoms with van der Waals surface area (Å²) in [7, 11) is 0. The van der Waals surface area contributed by atoms with E-state index in [1.807, 2.05) is 0 Å². The highest BCUT2D eigenvalue weighted by molar-refractivity contribution is 5.82. The van der Waals surface area contributed by atoms with Crippen LogP contribution in [0.25, 0.3) is 0 Å². The molecule has 0 aromatic rings. The van der Waals surface area contributed by atoms with E-state index in [4.69, 9.17) is 0 Å². The molecule has 0 amide bonds. The van der Waals surface area contributed by atoms with Crippen LogP contribution in [0.5, 0.6) is 0 Å². The Labute approximate surface area is 93.8 Å². The Hall–Kier alpha value is -0.370. The van der Waals surface area contributed by atoms with Gasteiger partial charge in [0, 0.05) is 25.4 Å². The van der Waals surface area contributed by atoms with Gasteiger partial charge in [0.25, 0.3) is 0 Å². The van der Waals surface area contributed by atoms with Gasteiger partial charge < -0.3 is 5.32 Å². The molecular formula is C13H25NO. The minimum absolute atomic E-state index is 0.324. The number of carbonyl (C=O) groups excluding carboxylic acids is 1. The van der Waals surface area contributed by atoms with Gasteiger partial charge in [-0.2, -0.15) is 0 Å². The van der Waals surface area contributed by atoms with Crippen molar-refractivity contribution in [2.24, 2.45) is 5.92 Å². The quantitative estimate of drug-likeness (QED) is 0.656. The van der Waals surface area contributed by atoms with Crippen LogP contribution in [-0.4, -0.2) is 18.9 Å². The number of rotatable bonds is 7. The number of piperidine rings is 1. The third-order valence-electron chi connectivity index (χ3n) is 3.30. The predicted octanol–water partition coefficient (Wildman–Crippen LogP) is 2.92. The molecular weight excluding hydrogens is 186 g/mol. The number of unbranched alkanes of at least 4 members (excludes halogenated alkanes) is 5. The highest BCUT2D eigenvalue weighted by atomic mass is 16.1. The van der Waals surface area contributed by atoms with Crippen molar-refractivity contribution >= 4 is 5.78 Å². The molecule has 1 aliphatic rings. The lowest BCUT2D eigenvalue weighted by Crippen LogP contribution is -2.36. The first-order valence-electron chi connectivity index (χ1n) is 6.58. The lowest BCUT2D eigenvalue weighted by atomic mass is 9.92. The highest BCUT2D eigenvalue weighted by Gasteiger charge is 2.20. The lowest BCUT2D eigenvalue weighted by molar-refractivity contribution is -0.124. The zero-order valence-electron chi connectivity index (χ0n) is 10.1. The monoisotopic (exact) mass is 211 g/mol. The van der Waals surface area contributed by atoms with E-state index in [-0.39, 0.29) is 0 Å². The molecule has 0 aromatic carbocycles. The number of hydrogen-bond donors (Lipinski definition) is 1. The van der Waals surface area contributed by atoms with Crippen molar-refractivity contribution in [3.63, 3.8) is 0 Å². The summed E-state index contributed by atoms with van der Waals surface area (Å²) in [5, 5.41) is 3.31. The molecule has 0 spiro atoms. The molecule has 0 aromatic heterocycles. The zero-order chi connectivity index (χ0) is 10.9. The molecule has 2 heteroatoms. The van der Waals surface area contributed by atoms with Crippen LogP contribution in [0, 0.1) is 5.92 Å². The van der Waals surface area contributed by atoms with Crippen LogP contribution in [0.3, 0.4) is 0 Å². The lowest BCUT2D eigenvalue weighted by Gasteiger charge is -2.21. The molecule has 0 bridgehead atoms. The van der Waals surface area contributed by atoms with Crippen molar-refractivity contribution < 1.29 is 4.79 Å². The van der Waals surface area contributed by atoms with Crippen LogP contribution in [0.2, 0.25) is 0 Å². The number of carbonyl (C=O) groups is 1. The van der Waals surface area contributed by atoms with Crippen molar-refractivity contribution in [1.29, 1.82) is 0 Å². The second-order valence-electron chi connectivity index (χ2n) is 4.67. The summed E-state index contributed by atoms with van der Waals surface area (Å²) in [5.41, 5.74) is 0. The maximum atomic E-state index is 11.5. The Balaban J connectivity index is 1.96. The number of ketones is 1. The SMILES string of the molecule is CCCCCCCCC1CNCCC1=O. The van der Waals surface area contributed by atoms with Gasteiger partial charge in [-0.15, -0.1) is 0 Å². The van der Waals surface area contributed by atoms with E-state index in [1.54, 1.807) is 0 Å². The summed E-state index contributed by atoms with van der Waals surface area (Å²) in [6.07, 6.45) is 9.80. The van der Waals surface area contributed by atoms with Gasteiger partial charge in [-0.1, -0.05) is 45.4 Å². The summed E-state index contributed by atoms with van der Waals surface area (Å²) in [4.78, 5) is 11.5. The minimum atomic E-state index is 0.324. The standard InChI is InChI=1S/C13H25NO/c1-2-3-4-5-6-7-8-12-11-14-10-9-13(12)15/h12,14H,2-11H2,1H3. The summed E-state index contributed by atoms with van der Waals surface area (Å²) in [6, 6.07) is 0. The van der Waals surface area contributed by atoms with Crippen LogP contribution >= 0.6 is 0 Å². The highest BCUT2D eigenvalue weighted by Crippen LogP contribution is 2.15. The second-order valence-corrected chi connectivity index (χ2v) is 4.67. The summed E-state index contributed by atoms with van der Waals surface area (Å²) < 4.78 is 0. The Bertz CT molecular complexity index is 179. The first-order chi connectivity index (χ1) is 7.34. The molecule has 88 valence electrons. The van der Waals surface area contributed by atoms with Crippen LogP contribution in [0.15, 0.2) is 0 Å². The van der Waals surface area contributed by atoms with Crippen molar-refractivity contribution in [2.75, 3.05) is 13.1 Å². The van der Waals surface area contributed by atoms with Crippen LogP contribution in [0.4, 0.5) is 0 Å². The maximum absolute atomic E-state index is 11.5. The van der Waals surface area contributed by atoms with Crippen LogP contribution in [-0.2, 0) is 4.79 Å². The molecule has 15 heavy (non-hydrogen) atoms. The van der Waals surface area contributed by atoms with Gasteiger partial charge in [-0.3, -0.25) is 4.79 Å². The van der Waals surface area contributed by atoms with Gasteiger partial charge in [-0.25, -0.2) is 0 Å². The van der Waals surface area contributed by atoms with Crippen LogP contribution in [0.1, 0.15) is 58.3 Å². The predicted molar refractivity (Wildman–Crippen MR) is 64.0 cm³/mol. The Morgan fingerprint density at radius 3 is 2.67 bits per heavy atom. The Kier molecular flexibility index (Phi) is 6.66. The number of Topliss-reactive ketones (excluding diaryl/α,β-unsaturated/α-hetero) is 1. The summed E-state index contributed by atoms with van der Waals surface area (Å²) in [5.74, 6) is 0.812. The Morgan fingerprint density at radius 2 is 1.93 bits per heavy atom. The number of nitrogens with one attached hydrogen (secondary N) is 1. The molecule has 1 atom stereocenters. The van der Waals surface area contributed by atoms with Crippen molar-refractivity contribution in [3.8, 4) is 0 Å². The molecule has 0 radical (unpaired) electrons. The van der Waals surface area contributed by atoms with Gasteiger partial charge in [0.1, 0.15) is 5.78 Å². The smallest absolute Gasteiger partial charge is 0.138 e. The molecule has 1 fully saturated rings. The third-order valence-corrected chi connectivity index (χ3v) is 3.30. The fourth-order valence-electron chi connectivity index (χ4n) is 2.24. The molecule has 1 aliphatic heterocycles. The zero-order valence-corrected chi connectivity index (χ0v) is 10.1. The average molecular weight is 211 g/mol. The summed E-state index contributed by atoms with van der Waals surface area (Å²) >= 11 is 0. The molecule has 0 aliphatic carbocycles. The third kappa shape index (κ3) is 5.31. The second kappa shape index (κ2) is 7.86. The van der Waals surface area contributed by atoms with Crippen molar-refractivity contribution in [1.82, 2.24) is 5.32 Å². The van der Waals surface area contributed by atoms with Gasteiger partial charge in [0.2, 0.25) is 0 Å². The largest absolute Gasteiger partial charge is 0.316 e. The minimum Gasteiger partial charge on any atom is -0.316 e.